The number of nitrogens with zero attached hydrogens (tertiary/aromatic N) is 2. The van der Waals surface area contributed by atoms with Crippen LogP contribution in [0.5, 0.6) is 10.9 Å². The zero-order chi connectivity index (χ0) is 14.0. The van der Waals surface area contributed by atoms with E-state index in [2.05, 4.69) is 4.98 Å². The number of thiazole rings is 1. The van der Waals surface area contributed by atoms with E-state index in [1.165, 1.54) is 12.1 Å². The average Bonchev–Trinajstić information content (AvgIpc) is 2.80. The molecule has 0 aliphatic rings. The molecule has 0 bridgehead atoms. The maximum absolute atomic E-state index is 11.1. The second-order valence-electron chi connectivity index (χ2n) is 3.63. The summed E-state index contributed by atoms with van der Waals surface area (Å²) in [5, 5.41) is 19.4. The van der Waals surface area contributed by atoms with Crippen molar-refractivity contribution >= 4 is 22.3 Å². The summed E-state index contributed by atoms with van der Waals surface area (Å²) in [7, 11) is 0. The molecular formula is C11H8N2O5S. The first kappa shape index (κ1) is 13.0. The second kappa shape index (κ2) is 5.02. The monoisotopic (exact) mass is 280 g/mol. The zero-order valence-electron chi connectivity index (χ0n) is 9.69. The molecule has 1 aromatic carbocycles. The second-order valence-corrected chi connectivity index (χ2v) is 4.60. The van der Waals surface area contributed by atoms with Crippen LogP contribution in [0.25, 0.3) is 0 Å². The molecule has 0 saturated heterocycles. The summed E-state index contributed by atoms with van der Waals surface area (Å²) in [5.74, 6) is -1.04. The van der Waals surface area contributed by atoms with Crippen molar-refractivity contribution in [2.75, 3.05) is 0 Å². The minimum Gasteiger partial charge on any atom is -0.478 e. The highest BCUT2D eigenvalue weighted by atomic mass is 32.1. The van der Waals surface area contributed by atoms with Crippen molar-refractivity contribution in [1.82, 2.24) is 4.98 Å². The molecule has 0 saturated carbocycles. The van der Waals surface area contributed by atoms with E-state index in [0.717, 1.165) is 23.1 Å². The molecule has 19 heavy (non-hydrogen) atoms. The molecule has 8 heteroatoms. The number of hydrogen-bond acceptors (Lipinski definition) is 6. The van der Waals surface area contributed by atoms with E-state index in [-0.39, 0.29) is 21.5 Å². The van der Waals surface area contributed by atoms with Crippen LogP contribution in [0, 0.1) is 17.0 Å². The Kier molecular flexibility index (Phi) is 3.43. The van der Waals surface area contributed by atoms with Crippen molar-refractivity contribution in [1.29, 1.82) is 0 Å². The third-order valence-corrected chi connectivity index (χ3v) is 3.04. The smallest absolute Gasteiger partial charge is 0.347 e. The molecular weight excluding hydrogens is 272 g/mol. The van der Waals surface area contributed by atoms with Gasteiger partial charge in [0.05, 0.1) is 4.92 Å². The van der Waals surface area contributed by atoms with Crippen molar-refractivity contribution in [2.45, 2.75) is 6.92 Å². The van der Waals surface area contributed by atoms with Gasteiger partial charge in [-0.3, -0.25) is 10.1 Å². The number of aryl methyl sites for hydroxylation is 1. The number of hydrogen-bond donors (Lipinski definition) is 1. The Labute approximate surface area is 111 Å². The molecule has 0 aliphatic carbocycles. The summed E-state index contributed by atoms with van der Waals surface area (Å²) in [5.41, 5.74) is 0.757. The van der Waals surface area contributed by atoms with Crippen LogP contribution in [-0.4, -0.2) is 21.0 Å². The van der Waals surface area contributed by atoms with Crippen molar-refractivity contribution in [3.63, 3.8) is 0 Å². The molecule has 0 spiro atoms. The zero-order valence-corrected chi connectivity index (χ0v) is 10.5. The molecule has 1 aromatic heterocycles. The Balaban J connectivity index is 2.32. The number of carbonyl (C=O) groups is 1. The van der Waals surface area contributed by atoms with Gasteiger partial charge in [0.2, 0.25) is 0 Å². The van der Waals surface area contributed by atoms with Gasteiger partial charge in [0, 0.05) is 0 Å². The van der Waals surface area contributed by atoms with Crippen LogP contribution in [0.1, 0.15) is 15.9 Å². The third kappa shape index (κ3) is 2.86. The highest BCUT2D eigenvalue weighted by molar-refractivity contribution is 7.16. The molecule has 2 rings (SSSR count). The van der Waals surface area contributed by atoms with E-state index in [4.69, 9.17) is 9.84 Å². The number of aromatic carboxylic acids is 1. The molecule has 0 aliphatic heterocycles. The fourth-order valence-electron chi connectivity index (χ4n) is 1.38. The summed E-state index contributed by atoms with van der Waals surface area (Å²) >= 11 is 0.735. The van der Waals surface area contributed by atoms with Gasteiger partial charge in [-0.05, 0) is 30.4 Å². The maximum atomic E-state index is 11.1. The highest BCUT2D eigenvalue weighted by Crippen LogP contribution is 2.32. The minimum atomic E-state index is -1.13. The fraction of sp³-hybridized carbons (Fsp3) is 0.0909. The number of carboxylic acids is 1. The molecule has 1 heterocycles. The SMILES string of the molecule is Cc1ccc(Oc2ncc([N+](=O)[O-])s2)c(C(=O)O)c1. The van der Waals surface area contributed by atoms with Gasteiger partial charge in [0.15, 0.2) is 0 Å². The number of aromatic nitrogens is 1. The Hall–Kier alpha value is -2.48. The van der Waals surface area contributed by atoms with Gasteiger partial charge < -0.3 is 9.84 Å². The van der Waals surface area contributed by atoms with Gasteiger partial charge in [0.25, 0.3) is 5.19 Å². The molecule has 98 valence electrons. The summed E-state index contributed by atoms with van der Waals surface area (Å²) in [6, 6.07) is 4.63. The van der Waals surface area contributed by atoms with Gasteiger partial charge >= 0.3 is 11.0 Å². The highest BCUT2D eigenvalue weighted by Gasteiger charge is 2.16. The quantitative estimate of drug-likeness (QED) is 0.682. The van der Waals surface area contributed by atoms with E-state index in [1.54, 1.807) is 13.0 Å². The predicted molar refractivity (Wildman–Crippen MR) is 67.0 cm³/mol. The third-order valence-electron chi connectivity index (χ3n) is 2.21. The van der Waals surface area contributed by atoms with E-state index in [9.17, 15) is 14.9 Å². The maximum Gasteiger partial charge on any atom is 0.347 e. The summed E-state index contributed by atoms with van der Waals surface area (Å²) in [6.45, 7) is 1.75. The van der Waals surface area contributed by atoms with E-state index >= 15 is 0 Å². The Morgan fingerprint density at radius 1 is 1.53 bits per heavy atom. The van der Waals surface area contributed by atoms with Crippen molar-refractivity contribution in [2.24, 2.45) is 0 Å². The largest absolute Gasteiger partial charge is 0.478 e. The van der Waals surface area contributed by atoms with Crippen LogP contribution in [0.2, 0.25) is 0 Å². The van der Waals surface area contributed by atoms with Gasteiger partial charge in [0.1, 0.15) is 17.5 Å². The fourth-order valence-corrected chi connectivity index (χ4v) is 1.97. The van der Waals surface area contributed by atoms with Crippen LogP contribution >= 0.6 is 11.3 Å². The lowest BCUT2D eigenvalue weighted by molar-refractivity contribution is -0.380. The number of nitro groups is 1. The van der Waals surface area contributed by atoms with E-state index in [0.29, 0.717) is 0 Å². The van der Waals surface area contributed by atoms with Crippen LogP contribution in [0.15, 0.2) is 24.4 Å². The number of ether oxygens (including phenoxy) is 1. The van der Waals surface area contributed by atoms with Crippen LogP contribution in [-0.2, 0) is 0 Å². The number of carboxylic acid groups (broad SMARTS) is 1. The molecule has 0 unspecified atom stereocenters. The van der Waals surface area contributed by atoms with Crippen molar-refractivity contribution in [3.05, 3.63) is 45.6 Å². The van der Waals surface area contributed by atoms with E-state index < -0.39 is 10.9 Å². The van der Waals surface area contributed by atoms with Crippen molar-refractivity contribution < 1.29 is 19.6 Å². The molecule has 0 atom stereocenters. The molecule has 0 amide bonds. The molecule has 2 aromatic rings. The Morgan fingerprint density at radius 2 is 2.26 bits per heavy atom. The number of rotatable bonds is 4. The lowest BCUT2D eigenvalue weighted by Gasteiger charge is -2.06. The van der Waals surface area contributed by atoms with Crippen LogP contribution < -0.4 is 4.74 Å². The predicted octanol–water partition coefficient (Wildman–Crippen LogP) is 2.85. The normalized spacial score (nSPS) is 10.2. The Bertz CT molecular complexity index is 652. The minimum absolute atomic E-state index is 0.0159. The lowest BCUT2D eigenvalue weighted by atomic mass is 10.1. The molecule has 0 fully saturated rings. The topological polar surface area (TPSA) is 103 Å². The lowest BCUT2D eigenvalue weighted by Crippen LogP contribution is -2.00. The van der Waals surface area contributed by atoms with Gasteiger partial charge in [-0.1, -0.05) is 11.6 Å². The van der Waals surface area contributed by atoms with Gasteiger partial charge in [-0.2, -0.15) is 0 Å². The Morgan fingerprint density at radius 3 is 2.84 bits per heavy atom. The summed E-state index contributed by atoms with van der Waals surface area (Å²) in [4.78, 5) is 24.7. The van der Waals surface area contributed by atoms with Gasteiger partial charge in [-0.15, -0.1) is 0 Å². The first-order valence-electron chi connectivity index (χ1n) is 5.09. The average molecular weight is 280 g/mol. The first-order valence-corrected chi connectivity index (χ1v) is 5.91. The standard InChI is InChI=1S/C11H8N2O5S/c1-6-2-3-8(7(4-6)10(14)15)18-11-12-5-9(19-11)13(16)17/h2-5H,1H3,(H,14,15). The van der Waals surface area contributed by atoms with Crippen LogP contribution in [0.4, 0.5) is 5.00 Å². The summed E-state index contributed by atoms with van der Waals surface area (Å²) in [6.07, 6.45) is 1.06. The van der Waals surface area contributed by atoms with Gasteiger partial charge in [-0.25, -0.2) is 9.78 Å². The molecule has 0 radical (unpaired) electrons. The van der Waals surface area contributed by atoms with E-state index in [1.807, 2.05) is 0 Å². The number of benzene rings is 1. The van der Waals surface area contributed by atoms with Crippen LogP contribution in [0.3, 0.4) is 0 Å². The summed E-state index contributed by atoms with van der Waals surface area (Å²) < 4.78 is 5.28. The molecule has 7 nitrogen and oxygen atoms in total. The first-order chi connectivity index (χ1) is 8.97. The molecule has 1 N–H and O–H groups in total. The van der Waals surface area contributed by atoms with Crippen molar-refractivity contribution in [3.8, 4) is 10.9 Å².